The van der Waals surface area contributed by atoms with Crippen molar-refractivity contribution in [3.63, 3.8) is 0 Å². The van der Waals surface area contributed by atoms with E-state index in [-0.39, 0.29) is 18.4 Å². The van der Waals surface area contributed by atoms with Crippen LogP contribution in [0, 0.1) is 0 Å². The Balaban J connectivity index is 1.92. The molecule has 132 valence electrons. The van der Waals surface area contributed by atoms with Gasteiger partial charge in [0.25, 0.3) is 5.91 Å². The van der Waals surface area contributed by atoms with Gasteiger partial charge in [-0.05, 0) is 52.8 Å². The highest BCUT2D eigenvalue weighted by Gasteiger charge is 2.11. The smallest absolute Gasteiger partial charge is 0.253 e. The molecular formula is C18H21BrN4O2. The lowest BCUT2D eigenvalue weighted by molar-refractivity contribution is -0.117. The molecule has 1 N–H and O–H groups in total. The number of hydrogen-bond donors (Lipinski definition) is 1. The van der Waals surface area contributed by atoms with E-state index in [9.17, 15) is 9.59 Å². The van der Waals surface area contributed by atoms with Crippen molar-refractivity contribution < 1.29 is 9.59 Å². The molecule has 1 aromatic heterocycles. The number of benzene rings is 1. The molecule has 0 unspecified atom stereocenters. The van der Waals surface area contributed by atoms with E-state index in [0.29, 0.717) is 17.9 Å². The summed E-state index contributed by atoms with van der Waals surface area (Å²) in [7, 11) is 5.30. The first-order valence-corrected chi connectivity index (χ1v) is 8.55. The lowest BCUT2D eigenvalue weighted by Gasteiger charge is -2.17. The first kappa shape index (κ1) is 19.1. The molecule has 1 heterocycles. The van der Waals surface area contributed by atoms with Crippen LogP contribution in [0.5, 0.6) is 0 Å². The average Bonchev–Trinajstić information content (AvgIpc) is 2.56. The van der Waals surface area contributed by atoms with E-state index in [1.165, 1.54) is 0 Å². The Labute approximate surface area is 156 Å². The maximum atomic E-state index is 12.1. The zero-order valence-corrected chi connectivity index (χ0v) is 16.1. The molecule has 0 atom stereocenters. The van der Waals surface area contributed by atoms with Crippen LogP contribution >= 0.6 is 15.9 Å². The number of anilines is 1. The Hall–Kier alpha value is -2.25. The maximum Gasteiger partial charge on any atom is 0.253 e. The van der Waals surface area contributed by atoms with Gasteiger partial charge in [0.15, 0.2) is 0 Å². The molecule has 7 heteroatoms. The van der Waals surface area contributed by atoms with Crippen LogP contribution in [0.4, 0.5) is 5.82 Å². The summed E-state index contributed by atoms with van der Waals surface area (Å²) >= 11 is 3.30. The lowest BCUT2D eigenvalue weighted by Crippen LogP contribution is -2.30. The summed E-state index contributed by atoms with van der Waals surface area (Å²) in [6.45, 7) is 0.791. The van der Waals surface area contributed by atoms with E-state index in [1.807, 2.05) is 36.2 Å². The van der Waals surface area contributed by atoms with Gasteiger partial charge in [0.1, 0.15) is 5.82 Å². The third kappa shape index (κ3) is 5.95. The predicted octanol–water partition coefficient (Wildman–Crippen LogP) is 2.62. The van der Waals surface area contributed by atoms with E-state index in [4.69, 9.17) is 0 Å². The molecule has 2 rings (SSSR count). The van der Waals surface area contributed by atoms with Crippen molar-refractivity contribution in [1.82, 2.24) is 14.8 Å². The second-order valence-corrected chi connectivity index (χ2v) is 6.90. The highest BCUT2D eigenvalue weighted by molar-refractivity contribution is 9.10. The molecular weight excluding hydrogens is 384 g/mol. The van der Waals surface area contributed by atoms with Crippen molar-refractivity contribution in [3.05, 3.63) is 58.2 Å². The number of carbonyl (C=O) groups is 2. The maximum absolute atomic E-state index is 12.1. The number of nitrogens with one attached hydrogen (secondary N) is 1. The van der Waals surface area contributed by atoms with Gasteiger partial charge in [-0.1, -0.05) is 12.1 Å². The Morgan fingerprint density at radius 1 is 1.16 bits per heavy atom. The molecule has 0 aliphatic rings. The zero-order chi connectivity index (χ0) is 18.4. The quantitative estimate of drug-likeness (QED) is 0.803. The van der Waals surface area contributed by atoms with Crippen molar-refractivity contribution in [2.24, 2.45) is 0 Å². The van der Waals surface area contributed by atoms with Gasteiger partial charge in [0.05, 0.1) is 6.54 Å². The van der Waals surface area contributed by atoms with Gasteiger partial charge in [-0.3, -0.25) is 14.5 Å². The summed E-state index contributed by atoms with van der Waals surface area (Å²) in [6, 6.07) is 11.0. The Morgan fingerprint density at radius 3 is 2.56 bits per heavy atom. The predicted molar refractivity (Wildman–Crippen MR) is 101 cm³/mol. The fourth-order valence-corrected chi connectivity index (χ4v) is 2.54. The molecule has 2 aromatic rings. The minimum absolute atomic E-state index is 0.0384. The molecule has 6 nitrogen and oxygen atoms in total. The van der Waals surface area contributed by atoms with Gasteiger partial charge >= 0.3 is 0 Å². The van der Waals surface area contributed by atoms with Gasteiger partial charge in [0, 0.05) is 36.9 Å². The van der Waals surface area contributed by atoms with Crippen LogP contribution in [-0.2, 0) is 11.3 Å². The first-order chi connectivity index (χ1) is 11.8. The highest BCUT2D eigenvalue weighted by Crippen LogP contribution is 2.11. The molecule has 0 saturated heterocycles. The number of rotatable bonds is 6. The van der Waals surface area contributed by atoms with Crippen molar-refractivity contribution >= 4 is 33.6 Å². The topological polar surface area (TPSA) is 65.5 Å². The van der Waals surface area contributed by atoms with Crippen molar-refractivity contribution in [1.29, 1.82) is 0 Å². The van der Waals surface area contributed by atoms with Crippen molar-refractivity contribution in [3.8, 4) is 0 Å². The second-order valence-electron chi connectivity index (χ2n) is 5.98. The van der Waals surface area contributed by atoms with Gasteiger partial charge in [-0.25, -0.2) is 4.98 Å². The van der Waals surface area contributed by atoms with E-state index in [1.54, 1.807) is 37.3 Å². The van der Waals surface area contributed by atoms with Crippen LogP contribution in [0.2, 0.25) is 0 Å². The fraction of sp³-hybridized carbons (Fsp3) is 0.278. The van der Waals surface area contributed by atoms with Crippen molar-refractivity contribution in [2.45, 2.75) is 6.54 Å². The zero-order valence-electron chi connectivity index (χ0n) is 14.5. The van der Waals surface area contributed by atoms with Gasteiger partial charge in [-0.2, -0.15) is 0 Å². The van der Waals surface area contributed by atoms with Gasteiger partial charge in [0.2, 0.25) is 5.91 Å². The van der Waals surface area contributed by atoms with Crippen LogP contribution < -0.4 is 5.32 Å². The van der Waals surface area contributed by atoms with Crippen LogP contribution in [-0.4, -0.2) is 54.3 Å². The van der Waals surface area contributed by atoms with Crippen molar-refractivity contribution in [2.75, 3.05) is 33.0 Å². The number of aromatic nitrogens is 1. The summed E-state index contributed by atoms with van der Waals surface area (Å²) in [6.07, 6.45) is 1.63. The number of likely N-dealkylation sites (N-methyl/N-ethyl adjacent to an activating group) is 1. The van der Waals surface area contributed by atoms with Gasteiger partial charge in [-0.15, -0.1) is 0 Å². The third-order valence-electron chi connectivity index (χ3n) is 3.44. The summed E-state index contributed by atoms with van der Waals surface area (Å²) in [5, 5.41) is 2.76. The van der Waals surface area contributed by atoms with E-state index in [2.05, 4.69) is 26.2 Å². The summed E-state index contributed by atoms with van der Waals surface area (Å²) in [5.74, 6) is 0.335. The number of carbonyl (C=O) groups excluding carboxylic acids is 2. The number of hydrogen-bond acceptors (Lipinski definition) is 4. The Bertz CT molecular complexity index is 747. The molecule has 0 radical (unpaired) electrons. The largest absolute Gasteiger partial charge is 0.345 e. The standard InChI is InChI=1S/C18H21BrN4O2/c1-22(2)18(25)14-6-4-5-13(9-14)11-23(3)12-17(24)21-16-8-7-15(19)10-20-16/h4-10H,11-12H2,1-3H3,(H,20,21,24). The highest BCUT2D eigenvalue weighted by atomic mass is 79.9. The number of amides is 2. The molecule has 0 bridgehead atoms. The van der Waals surface area contributed by atoms with E-state index < -0.39 is 0 Å². The Morgan fingerprint density at radius 2 is 1.92 bits per heavy atom. The second kappa shape index (κ2) is 8.73. The van der Waals surface area contributed by atoms with Crippen LogP contribution in [0.15, 0.2) is 47.1 Å². The monoisotopic (exact) mass is 404 g/mol. The first-order valence-electron chi connectivity index (χ1n) is 7.75. The molecule has 0 fully saturated rings. The normalized spacial score (nSPS) is 10.6. The molecule has 0 spiro atoms. The number of pyridine rings is 1. The summed E-state index contributed by atoms with van der Waals surface area (Å²) in [5.41, 5.74) is 1.61. The van der Waals surface area contributed by atoms with E-state index in [0.717, 1.165) is 10.0 Å². The SMILES string of the molecule is CN(CC(=O)Nc1ccc(Br)cn1)Cc1cccc(C(=O)N(C)C)c1. The van der Waals surface area contributed by atoms with Crippen LogP contribution in [0.25, 0.3) is 0 Å². The van der Waals surface area contributed by atoms with Crippen LogP contribution in [0.3, 0.4) is 0 Å². The van der Waals surface area contributed by atoms with Gasteiger partial charge < -0.3 is 10.2 Å². The molecule has 25 heavy (non-hydrogen) atoms. The molecule has 0 aliphatic heterocycles. The molecule has 0 saturated carbocycles. The number of nitrogens with zero attached hydrogens (tertiary/aromatic N) is 3. The minimum Gasteiger partial charge on any atom is -0.345 e. The summed E-state index contributed by atoms with van der Waals surface area (Å²) < 4.78 is 0.856. The molecule has 1 aromatic carbocycles. The Kier molecular flexibility index (Phi) is 6.66. The molecule has 0 aliphatic carbocycles. The third-order valence-corrected chi connectivity index (χ3v) is 3.91. The summed E-state index contributed by atoms with van der Waals surface area (Å²) in [4.78, 5) is 31.7. The average molecular weight is 405 g/mol. The lowest BCUT2D eigenvalue weighted by atomic mass is 10.1. The molecule has 2 amide bonds. The van der Waals surface area contributed by atoms with E-state index >= 15 is 0 Å². The fourth-order valence-electron chi connectivity index (χ4n) is 2.31. The minimum atomic E-state index is -0.141. The van der Waals surface area contributed by atoms with Crippen LogP contribution in [0.1, 0.15) is 15.9 Å². The number of halogens is 1.